The molecule has 0 saturated heterocycles. The number of hydrogen-bond donors (Lipinski definition) is 2. The monoisotopic (exact) mass is 382 g/mol. The van der Waals surface area contributed by atoms with E-state index >= 15 is 0 Å². The van der Waals surface area contributed by atoms with Gasteiger partial charge in [0.2, 0.25) is 5.91 Å². The first-order valence-corrected chi connectivity index (χ1v) is 8.93. The molecule has 2 aromatic carbocycles. The summed E-state index contributed by atoms with van der Waals surface area (Å²) in [4.78, 5) is 24.6. The third-order valence-corrected chi connectivity index (χ3v) is 4.13. The molecule has 6 heteroatoms. The Balaban J connectivity index is 2.00. The summed E-state index contributed by atoms with van der Waals surface area (Å²) in [5, 5.41) is 5.48. The zero-order valence-corrected chi connectivity index (χ0v) is 16.7. The third kappa shape index (κ3) is 5.36. The highest BCUT2D eigenvalue weighted by Gasteiger charge is 2.13. The van der Waals surface area contributed by atoms with Gasteiger partial charge < -0.3 is 20.1 Å². The summed E-state index contributed by atoms with van der Waals surface area (Å²) < 4.78 is 10.7. The average Bonchev–Trinajstić information content (AvgIpc) is 2.67. The number of carbonyl (C=O) groups excluding carboxylic acids is 2. The number of benzene rings is 2. The van der Waals surface area contributed by atoms with Gasteiger partial charge >= 0.3 is 0 Å². The van der Waals surface area contributed by atoms with Crippen molar-refractivity contribution in [2.24, 2.45) is 0 Å². The Morgan fingerprint density at radius 1 is 1.07 bits per heavy atom. The van der Waals surface area contributed by atoms with E-state index < -0.39 is 0 Å². The molecule has 148 valence electrons. The van der Waals surface area contributed by atoms with E-state index in [1.807, 2.05) is 32.9 Å². The number of hydrogen-bond acceptors (Lipinski definition) is 4. The van der Waals surface area contributed by atoms with Crippen LogP contribution in [0.4, 0.5) is 5.69 Å². The van der Waals surface area contributed by atoms with Crippen molar-refractivity contribution in [1.82, 2.24) is 5.32 Å². The average molecular weight is 382 g/mol. The molecule has 2 N–H and O–H groups in total. The summed E-state index contributed by atoms with van der Waals surface area (Å²) in [7, 11) is 1.50. The van der Waals surface area contributed by atoms with Crippen LogP contribution in [0.3, 0.4) is 0 Å². The lowest BCUT2D eigenvalue weighted by Crippen LogP contribution is -2.33. The quantitative estimate of drug-likeness (QED) is 0.685. The van der Waals surface area contributed by atoms with Crippen molar-refractivity contribution in [3.8, 4) is 11.5 Å². The highest BCUT2D eigenvalue weighted by atomic mass is 16.5. The van der Waals surface area contributed by atoms with Gasteiger partial charge in [0.15, 0.2) is 11.5 Å². The van der Waals surface area contributed by atoms with Crippen molar-refractivity contribution >= 4 is 17.5 Å². The Morgan fingerprint density at radius 2 is 1.75 bits per heavy atom. The fourth-order valence-electron chi connectivity index (χ4n) is 2.90. The van der Waals surface area contributed by atoms with Gasteiger partial charge in [0.25, 0.3) is 5.91 Å². The summed E-state index contributed by atoms with van der Waals surface area (Å²) in [6.45, 7) is 9.68. The number of carbonyl (C=O) groups is 2. The van der Waals surface area contributed by atoms with Crippen molar-refractivity contribution in [2.75, 3.05) is 25.6 Å². The molecule has 0 aliphatic heterocycles. The van der Waals surface area contributed by atoms with Crippen LogP contribution in [-0.4, -0.2) is 32.1 Å². The molecule has 6 nitrogen and oxygen atoms in total. The second kappa shape index (κ2) is 9.60. The van der Waals surface area contributed by atoms with Gasteiger partial charge in [-0.25, -0.2) is 0 Å². The lowest BCUT2D eigenvalue weighted by molar-refractivity contribution is -0.115. The number of amides is 2. The predicted octanol–water partition coefficient (Wildman–Crippen LogP) is 3.55. The normalized spacial score (nSPS) is 10.1. The smallest absolute Gasteiger partial charge is 0.251 e. The van der Waals surface area contributed by atoms with Gasteiger partial charge in [-0.3, -0.25) is 9.59 Å². The van der Waals surface area contributed by atoms with Gasteiger partial charge in [0, 0.05) is 11.3 Å². The lowest BCUT2D eigenvalue weighted by atomic mass is 10.1. The van der Waals surface area contributed by atoms with Crippen LogP contribution in [0.1, 0.15) is 27.0 Å². The summed E-state index contributed by atoms with van der Waals surface area (Å²) >= 11 is 0. The van der Waals surface area contributed by atoms with Crippen molar-refractivity contribution in [2.45, 2.75) is 20.8 Å². The number of aryl methyl sites for hydroxylation is 3. The Labute approximate surface area is 165 Å². The summed E-state index contributed by atoms with van der Waals surface area (Å²) in [5.74, 6) is 0.286. The molecule has 2 rings (SSSR count). The van der Waals surface area contributed by atoms with Gasteiger partial charge in [-0.2, -0.15) is 0 Å². The molecule has 2 amide bonds. The van der Waals surface area contributed by atoms with Gasteiger partial charge in [-0.1, -0.05) is 30.4 Å². The molecular formula is C22H26N2O4. The summed E-state index contributed by atoms with van der Waals surface area (Å²) in [5.41, 5.74) is 4.25. The molecule has 0 aromatic heterocycles. The molecule has 0 aliphatic rings. The fourth-order valence-corrected chi connectivity index (χ4v) is 2.90. The van der Waals surface area contributed by atoms with E-state index in [9.17, 15) is 9.59 Å². The molecule has 0 heterocycles. The second-order valence-corrected chi connectivity index (χ2v) is 6.47. The van der Waals surface area contributed by atoms with Crippen LogP contribution in [0.25, 0.3) is 0 Å². The molecule has 0 radical (unpaired) electrons. The van der Waals surface area contributed by atoms with E-state index in [2.05, 4.69) is 17.2 Å². The Kier molecular flexibility index (Phi) is 7.21. The molecule has 0 atom stereocenters. The van der Waals surface area contributed by atoms with Crippen LogP contribution in [-0.2, 0) is 4.79 Å². The molecule has 28 heavy (non-hydrogen) atoms. The number of anilines is 1. The minimum atomic E-state index is -0.374. The molecular weight excluding hydrogens is 356 g/mol. The van der Waals surface area contributed by atoms with E-state index in [-0.39, 0.29) is 18.4 Å². The molecule has 2 aromatic rings. The molecule has 0 unspecified atom stereocenters. The van der Waals surface area contributed by atoms with E-state index in [0.29, 0.717) is 23.7 Å². The van der Waals surface area contributed by atoms with Crippen molar-refractivity contribution in [3.63, 3.8) is 0 Å². The maximum absolute atomic E-state index is 12.4. The Morgan fingerprint density at radius 3 is 2.36 bits per heavy atom. The van der Waals surface area contributed by atoms with Crippen molar-refractivity contribution in [1.29, 1.82) is 0 Å². The topological polar surface area (TPSA) is 76.7 Å². The van der Waals surface area contributed by atoms with Crippen molar-refractivity contribution in [3.05, 3.63) is 65.2 Å². The van der Waals surface area contributed by atoms with Crippen LogP contribution in [0.15, 0.2) is 43.0 Å². The zero-order valence-electron chi connectivity index (χ0n) is 16.7. The van der Waals surface area contributed by atoms with Gasteiger partial charge in [0.05, 0.1) is 13.7 Å². The number of nitrogens with one attached hydrogen (secondary N) is 2. The largest absolute Gasteiger partial charge is 0.493 e. The zero-order chi connectivity index (χ0) is 20.7. The highest BCUT2D eigenvalue weighted by molar-refractivity contribution is 6.00. The SMILES string of the molecule is C=CCOc1ccc(C(=O)NCC(=O)Nc2c(C)cc(C)cc2C)cc1OC. The van der Waals surface area contributed by atoms with Crippen molar-refractivity contribution < 1.29 is 19.1 Å². The van der Waals surface area contributed by atoms with E-state index in [0.717, 1.165) is 22.4 Å². The Hall–Kier alpha value is -3.28. The number of ether oxygens (including phenoxy) is 2. The maximum atomic E-state index is 12.4. The number of methoxy groups -OCH3 is 1. The van der Waals surface area contributed by atoms with E-state index in [1.165, 1.54) is 7.11 Å². The maximum Gasteiger partial charge on any atom is 0.251 e. The van der Waals surface area contributed by atoms with Crippen LogP contribution in [0, 0.1) is 20.8 Å². The first-order valence-electron chi connectivity index (χ1n) is 8.93. The van der Waals surface area contributed by atoms with Gasteiger partial charge in [-0.15, -0.1) is 0 Å². The standard InChI is InChI=1S/C22H26N2O4/c1-6-9-28-18-8-7-17(12-19(18)27-5)22(26)23-13-20(25)24-21-15(3)10-14(2)11-16(21)4/h6-8,10-12H,1,9,13H2,2-5H3,(H,23,26)(H,24,25). The van der Waals surface area contributed by atoms with E-state index in [1.54, 1.807) is 24.3 Å². The fraction of sp³-hybridized carbons (Fsp3) is 0.273. The summed E-state index contributed by atoms with van der Waals surface area (Å²) in [6, 6.07) is 8.84. The second-order valence-electron chi connectivity index (χ2n) is 6.47. The van der Waals surface area contributed by atoms with Crippen LogP contribution >= 0.6 is 0 Å². The lowest BCUT2D eigenvalue weighted by Gasteiger charge is -2.14. The van der Waals surface area contributed by atoms with Gasteiger partial charge in [-0.05, 0) is 50.1 Å². The minimum Gasteiger partial charge on any atom is -0.493 e. The first kappa shape index (κ1) is 21.0. The third-order valence-electron chi connectivity index (χ3n) is 4.13. The van der Waals surface area contributed by atoms with Gasteiger partial charge in [0.1, 0.15) is 6.61 Å². The molecule has 0 bridgehead atoms. The Bertz CT molecular complexity index is 867. The van der Waals surface area contributed by atoms with Crippen LogP contribution in [0.5, 0.6) is 11.5 Å². The van der Waals surface area contributed by atoms with Crippen LogP contribution < -0.4 is 20.1 Å². The molecule has 0 aliphatic carbocycles. The van der Waals surface area contributed by atoms with E-state index in [4.69, 9.17) is 9.47 Å². The first-order chi connectivity index (χ1) is 13.3. The number of rotatable bonds is 8. The van der Waals surface area contributed by atoms with Crippen LogP contribution in [0.2, 0.25) is 0 Å². The molecule has 0 spiro atoms. The predicted molar refractivity (Wildman–Crippen MR) is 110 cm³/mol. The summed E-state index contributed by atoms with van der Waals surface area (Å²) in [6.07, 6.45) is 1.62. The molecule has 0 saturated carbocycles. The molecule has 0 fully saturated rings. The minimum absolute atomic E-state index is 0.136. The highest BCUT2D eigenvalue weighted by Crippen LogP contribution is 2.28.